The van der Waals surface area contributed by atoms with Crippen LogP contribution in [0, 0.1) is 5.92 Å². The summed E-state index contributed by atoms with van der Waals surface area (Å²) in [6.45, 7) is 5.64. The van der Waals surface area contributed by atoms with Gasteiger partial charge in [0.1, 0.15) is 0 Å². The van der Waals surface area contributed by atoms with Crippen LogP contribution in [0.2, 0.25) is 0 Å². The molecule has 0 aromatic rings. The minimum atomic E-state index is -0.425. The summed E-state index contributed by atoms with van der Waals surface area (Å²) < 4.78 is 4.42. The Labute approximate surface area is 84.2 Å². The zero-order chi connectivity index (χ0) is 10.6. The normalized spacial score (nSPS) is 18.8. The van der Waals surface area contributed by atoms with E-state index in [2.05, 4.69) is 18.6 Å². The second-order valence-corrected chi connectivity index (χ2v) is 4.09. The largest absolute Gasteiger partial charge is 0.391 e. The molecule has 4 heteroatoms. The van der Waals surface area contributed by atoms with E-state index in [-0.39, 0.29) is 13.1 Å². The molecule has 1 rings (SSSR count). The first-order valence-corrected chi connectivity index (χ1v) is 5.04. The van der Waals surface area contributed by atoms with Gasteiger partial charge in [-0.2, -0.15) is 0 Å². The molecule has 0 unspecified atom stereocenters. The Balaban J connectivity index is 2.23. The Morgan fingerprint density at radius 2 is 1.86 bits per heavy atom. The standard InChI is InChI=1S/C10H17NO3/c1-8(2)4-3-5-11-6-9(12)14-10(13)7-11/h8H,3-7H2,1-2H3. The monoisotopic (exact) mass is 199 g/mol. The van der Waals surface area contributed by atoms with Gasteiger partial charge in [0.2, 0.25) is 0 Å². The molecule has 0 aromatic heterocycles. The van der Waals surface area contributed by atoms with E-state index in [1.54, 1.807) is 0 Å². The lowest BCUT2D eigenvalue weighted by atomic mass is 10.1. The predicted octanol–water partition coefficient (Wildman–Crippen LogP) is 0.808. The molecule has 1 heterocycles. The number of ether oxygens (including phenoxy) is 1. The molecule has 0 N–H and O–H groups in total. The van der Waals surface area contributed by atoms with Crippen LogP contribution in [0.1, 0.15) is 26.7 Å². The molecule has 0 aliphatic carbocycles. The average molecular weight is 199 g/mol. The van der Waals surface area contributed by atoms with Crippen LogP contribution in [-0.4, -0.2) is 36.5 Å². The topological polar surface area (TPSA) is 46.6 Å². The van der Waals surface area contributed by atoms with Crippen molar-refractivity contribution in [2.24, 2.45) is 5.92 Å². The minimum absolute atomic E-state index is 0.254. The van der Waals surface area contributed by atoms with Gasteiger partial charge in [0.25, 0.3) is 0 Å². The summed E-state index contributed by atoms with van der Waals surface area (Å²) in [6.07, 6.45) is 2.15. The number of nitrogens with zero attached hydrogens (tertiary/aromatic N) is 1. The molecule has 1 aliphatic heterocycles. The highest BCUT2D eigenvalue weighted by Crippen LogP contribution is 2.07. The van der Waals surface area contributed by atoms with Crippen molar-refractivity contribution in [2.75, 3.05) is 19.6 Å². The van der Waals surface area contributed by atoms with Gasteiger partial charge in [0.05, 0.1) is 13.1 Å². The molecular formula is C10H17NO3. The van der Waals surface area contributed by atoms with Gasteiger partial charge in [0, 0.05) is 0 Å². The Kier molecular flexibility index (Phi) is 4.07. The van der Waals surface area contributed by atoms with Crippen LogP contribution in [0.4, 0.5) is 0 Å². The smallest absolute Gasteiger partial charge is 0.327 e. The summed E-state index contributed by atoms with van der Waals surface area (Å²) in [6, 6.07) is 0. The van der Waals surface area contributed by atoms with Crippen molar-refractivity contribution in [2.45, 2.75) is 26.7 Å². The third-order valence-corrected chi connectivity index (χ3v) is 2.19. The molecule has 0 radical (unpaired) electrons. The van der Waals surface area contributed by atoms with Crippen molar-refractivity contribution in [3.63, 3.8) is 0 Å². The predicted molar refractivity (Wildman–Crippen MR) is 51.6 cm³/mol. The number of morpholine rings is 1. The van der Waals surface area contributed by atoms with E-state index >= 15 is 0 Å². The second kappa shape index (κ2) is 5.10. The van der Waals surface area contributed by atoms with Crippen molar-refractivity contribution in [1.29, 1.82) is 0 Å². The summed E-state index contributed by atoms with van der Waals surface area (Å²) in [4.78, 5) is 23.6. The molecule has 0 amide bonds. The van der Waals surface area contributed by atoms with E-state index in [1.165, 1.54) is 0 Å². The van der Waals surface area contributed by atoms with E-state index < -0.39 is 11.9 Å². The zero-order valence-corrected chi connectivity index (χ0v) is 8.78. The highest BCUT2D eigenvalue weighted by Gasteiger charge is 2.23. The Hall–Kier alpha value is -0.900. The Morgan fingerprint density at radius 1 is 1.29 bits per heavy atom. The second-order valence-electron chi connectivity index (χ2n) is 4.09. The van der Waals surface area contributed by atoms with E-state index in [4.69, 9.17) is 0 Å². The third-order valence-electron chi connectivity index (χ3n) is 2.19. The fourth-order valence-electron chi connectivity index (χ4n) is 1.49. The first-order chi connectivity index (χ1) is 6.58. The van der Waals surface area contributed by atoms with Gasteiger partial charge in [-0.15, -0.1) is 0 Å². The highest BCUT2D eigenvalue weighted by atomic mass is 16.6. The van der Waals surface area contributed by atoms with Crippen LogP contribution in [0.15, 0.2) is 0 Å². The van der Waals surface area contributed by atoms with Crippen LogP contribution in [0.25, 0.3) is 0 Å². The van der Waals surface area contributed by atoms with Gasteiger partial charge in [-0.05, 0) is 25.3 Å². The molecule has 0 bridgehead atoms. The van der Waals surface area contributed by atoms with Gasteiger partial charge < -0.3 is 4.74 Å². The summed E-state index contributed by atoms with van der Waals surface area (Å²) in [5.41, 5.74) is 0. The van der Waals surface area contributed by atoms with E-state index in [0.717, 1.165) is 19.4 Å². The minimum Gasteiger partial charge on any atom is -0.391 e. The molecule has 14 heavy (non-hydrogen) atoms. The van der Waals surface area contributed by atoms with Crippen LogP contribution in [0.3, 0.4) is 0 Å². The molecule has 1 saturated heterocycles. The number of carbonyl (C=O) groups excluding carboxylic acids is 2. The molecule has 1 fully saturated rings. The quantitative estimate of drug-likeness (QED) is 0.496. The van der Waals surface area contributed by atoms with E-state index in [1.807, 2.05) is 4.90 Å². The van der Waals surface area contributed by atoms with Crippen LogP contribution in [-0.2, 0) is 14.3 Å². The van der Waals surface area contributed by atoms with Crippen LogP contribution < -0.4 is 0 Å². The van der Waals surface area contributed by atoms with Crippen LogP contribution >= 0.6 is 0 Å². The van der Waals surface area contributed by atoms with Gasteiger partial charge in [-0.25, -0.2) is 0 Å². The molecule has 0 atom stereocenters. The van der Waals surface area contributed by atoms with Crippen molar-refractivity contribution in [3.05, 3.63) is 0 Å². The lowest BCUT2D eigenvalue weighted by Gasteiger charge is -2.24. The summed E-state index contributed by atoms with van der Waals surface area (Å²) in [5, 5.41) is 0. The van der Waals surface area contributed by atoms with Crippen molar-refractivity contribution >= 4 is 11.9 Å². The summed E-state index contributed by atoms with van der Waals surface area (Å²) in [7, 11) is 0. The number of carbonyl (C=O) groups is 2. The lowest BCUT2D eigenvalue weighted by molar-refractivity contribution is -0.166. The molecule has 0 saturated carbocycles. The zero-order valence-electron chi connectivity index (χ0n) is 8.78. The first-order valence-electron chi connectivity index (χ1n) is 5.04. The molecule has 0 aromatic carbocycles. The van der Waals surface area contributed by atoms with Crippen molar-refractivity contribution in [1.82, 2.24) is 4.90 Å². The molecule has 1 aliphatic rings. The molecular weight excluding hydrogens is 182 g/mol. The van der Waals surface area contributed by atoms with E-state index in [0.29, 0.717) is 5.92 Å². The number of cyclic esters (lactones) is 2. The van der Waals surface area contributed by atoms with Crippen LogP contribution in [0.5, 0.6) is 0 Å². The number of rotatable bonds is 4. The Bertz CT molecular complexity index is 209. The fourth-order valence-corrected chi connectivity index (χ4v) is 1.49. The number of esters is 2. The Morgan fingerprint density at radius 3 is 2.36 bits per heavy atom. The fraction of sp³-hybridized carbons (Fsp3) is 0.800. The summed E-state index contributed by atoms with van der Waals surface area (Å²) in [5.74, 6) is -0.181. The third kappa shape index (κ3) is 3.87. The maximum absolute atomic E-state index is 10.9. The van der Waals surface area contributed by atoms with Crippen molar-refractivity contribution in [3.8, 4) is 0 Å². The maximum Gasteiger partial charge on any atom is 0.327 e. The molecule has 4 nitrogen and oxygen atoms in total. The first kappa shape index (κ1) is 11.2. The number of hydrogen-bond donors (Lipinski definition) is 0. The molecule has 0 spiro atoms. The molecule has 80 valence electrons. The lowest BCUT2D eigenvalue weighted by Crippen LogP contribution is -2.43. The maximum atomic E-state index is 10.9. The van der Waals surface area contributed by atoms with E-state index in [9.17, 15) is 9.59 Å². The highest BCUT2D eigenvalue weighted by molar-refractivity contribution is 5.90. The number of hydrogen-bond acceptors (Lipinski definition) is 4. The van der Waals surface area contributed by atoms with Gasteiger partial charge in [-0.3, -0.25) is 14.5 Å². The van der Waals surface area contributed by atoms with Gasteiger partial charge in [0.15, 0.2) is 0 Å². The SMILES string of the molecule is CC(C)CCCN1CC(=O)OC(=O)C1. The average Bonchev–Trinajstić information content (AvgIpc) is 2.01. The van der Waals surface area contributed by atoms with Gasteiger partial charge in [-0.1, -0.05) is 13.8 Å². The van der Waals surface area contributed by atoms with Crippen molar-refractivity contribution < 1.29 is 14.3 Å². The van der Waals surface area contributed by atoms with Gasteiger partial charge >= 0.3 is 11.9 Å². The summed E-state index contributed by atoms with van der Waals surface area (Å²) >= 11 is 0.